The number of amides is 1. The predicted molar refractivity (Wildman–Crippen MR) is 105 cm³/mol. The predicted octanol–water partition coefficient (Wildman–Crippen LogP) is 2.49. The number of halogens is 2. The fraction of sp³-hybridized carbons (Fsp3) is 0.421. The zero-order chi connectivity index (χ0) is 21.1. The molecule has 0 unspecified atom stereocenters. The van der Waals surface area contributed by atoms with E-state index in [0.717, 1.165) is 6.07 Å². The Morgan fingerprint density at radius 2 is 2.24 bits per heavy atom. The number of anilines is 1. The molecule has 2 atom stereocenters. The van der Waals surface area contributed by atoms with Gasteiger partial charge < -0.3 is 25.0 Å². The van der Waals surface area contributed by atoms with Crippen LogP contribution in [0.3, 0.4) is 0 Å². The van der Waals surface area contributed by atoms with Crippen molar-refractivity contribution in [2.45, 2.75) is 31.9 Å². The minimum absolute atomic E-state index is 0.00668. The molecule has 1 aliphatic heterocycles. The van der Waals surface area contributed by atoms with Gasteiger partial charge in [0.2, 0.25) is 0 Å². The average molecular weight is 425 g/mol. The van der Waals surface area contributed by atoms with Crippen molar-refractivity contribution in [3.63, 3.8) is 0 Å². The molecule has 29 heavy (non-hydrogen) atoms. The Hall–Kier alpha value is -2.65. The van der Waals surface area contributed by atoms with E-state index in [9.17, 15) is 14.0 Å². The zero-order valence-corrected chi connectivity index (χ0v) is 16.8. The number of nitrogens with zero attached hydrogens (tertiary/aromatic N) is 2. The number of nitrogens with one attached hydrogen (secondary N) is 2. The number of carbonyl (C=O) groups excluding carboxylic acids is 1. The van der Waals surface area contributed by atoms with Crippen LogP contribution in [0.1, 0.15) is 40.0 Å². The summed E-state index contributed by atoms with van der Waals surface area (Å²) in [5, 5.41) is 12.3. The Bertz CT molecular complexity index is 920. The third kappa shape index (κ3) is 4.51. The van der Waals surface area contributed by atoms with E-state index in [4.69, 9.17) is 21.4 Å². The van der Waals surface area contributed by atoms with Crippen LogP contribution in [0.5, 0.6) is 0 Å². The second-order valence-corrected chi connectivity index (χ2v) is 7.13. The van der Waals surface area contributed by atoms with Gasteiger partial charge in [-0.1, -0.05) is 18.5 Å². The number of imidazole rings is 1. The molecule has 1 aromatic carbocycles. The minimum Gasteiger partial charge on any atom is -0.478 e. The van der Waals surface area contributed by atoms with Crippen LogP contribution in [0, 0.1) is 5.82 Å². The highest BCUT2D eigenvalue weighted by Crippen LogP contribution is 2.26. The van der Waals surface area contributed by atoms with Gasteiger partial charge in [-0.3, -0.25) is 4.79 Å². The number of hydrogen-bond donors (Lipinski definition) is 3. The van der Waals surface area contributed by atoms with Crippen molar-refractivity contribution in [3.05, 3.63) is 46.3 Å². The maximum absolute atomic E-state index is 14.3. The molecule has 1 saturated heterocycles. The number of carbonyl (C=O) groups is 2. The third-order valence-electron chi connectivity index (χ3n) is 5.01. The number of aromatic nitrogens is 2. The number of carboxylic acid groups (broad SMARTS) is 1. The Labute approximate surface area is 172 Å². The molecule has 1 aromatic heterocycles. The van der Waals surface area contributed by atoms with E-state index in [1.54, 1.807) is 4.90 Å². The Morgan fingerprint density at radius 1 is 1.48 bits per heavy atom. The van der Waals surface area contributed by atoms with E-state index in [1.165, 1.54) is 19.2 Å². The molecule has 2 heterocycles. The molecule has 0 radical (unpaired) electrons. The molecule has 3 rings (SSSR count). The van der Waals surface area contributed by atoms with E-state index in [-0.39, 0.29) is 28.3 Å². The molecule has 0 spiro atoms. The van der Waals surface area contributed by atoms with Crippen LogP contribution in [0.15, 0.2) is 18.2 Å². The monoisotopic (exact) mass is 424 g/mol. The molecule has 3 N–H and O–H groups in total. The lowest BCUT2D eigenvalue weighted by Crippen LogP contribution is -2.55. The van der Waals surface area contributed by atoms with Gasteiger partial charge in [0.15, 0.2) is 11.0 Å². The lowest BCUT2D eigenvalue weighted by atomic mass is 10.00. The Balaban J connectivity index is 1.72. The quantitative estimate of drug-likeness (QED) is 0.657. The summed E-state index contributed by atoms with van der Waals surface area (Å²) in [6, 6.07) is 3.35. The molecular formula is C19H22ClFN4O4. The standard InChI is InChI=1S/C19H22ClFN4O4/c1-3-12-16(20)24-17(22-12)18(26)23-13-6-7-25(9-15(13)29-2)14-8-10(19(27)28)4-5-11(14)21/h4-5,8,13,15H,3,6-7,9H2,1-2H3,(H,22,24)(H,23,26)(H,27,28)/t13-,15+/m1/s1. The molecule has 0 bridgehead atoms. The van der Waals surface area contributed by atoms with Crippen LogP contribution < -0.4 is 10.2 Å². The lowest BCUT2D eigenvalue weighted by molar-refractivity contribution is 0.0537. The number of rotatable bonds is 6. The minimum atomic E-state index is -1.12. The van der Waals surface area contributed by atoms with Crippen LogP contribution in [-0.4, -0.2) is 59.3 Å². The number of methoxy groups -OCH3 is 1. The second kappa shape index (κ2) is 8.79. The largest absolute Gasteiger partial charge is 0.478 e. The third-order valence-corrected chi connectivity index (χ3v) is 5.32. The van der Waals surface area contributed by atoms with Gasteiger partial charge in [-0.05, 0) is 31.0 Å². The van der Waals surface area contributed by atoms with Crippen molar-refractivity contribution in [3.8, 4) is 0 Å². The van der Waals surface area contributed by atoms with Gasteiger partial charge in [-0.2, -0.15) is 0 Å². The van der Waals surface area contributed by atoms with Crippen LogP contribution in [0.2, 0.25) is 5.15 Å². The Morgan fingerprint density at radius 3 is 2.86 bits per heavy atom. The molecule has 1 amide bonds. The zero-order valence-electron chi connectivity index (χ0n) is 16.0. The van der Waals surface area contributed by atoms with Crippen LogP contribution in [0.25, 0.3) is 0 Å². The van der Waals surface area contributed by atoms with Crippen LogP contribution in [0.4, 0.5) is 10.1 Å². The molecular weight excluding hydrogens is 403 g/mol. The topological polar surface area (TPSA) is 108 Å². The number of benzene rings is 1. The highest BCUT2D eigenvalue weighted by atomic mass is 35.5. The summed E-state index contributed by atoms with van der Waals surface area (Å²) >= 11 is 5.99. The molecule has 0 saturated carbocycles. The molecule has 156 valence electrons. The summed E-state index contributed by atoms with van der Waals surface area (Å²) in [7, 11) is 1.51. The van der Waals surface area contributed by atoms with Crippen LogP contribution >= 0.6 is 11.6 Å². The first-order chi connectivity index (χ1) is 13.8. The number of aromatic carboxylic acids is 1. The van der Waals surface area contributed by atoms with Crippen molar-refractivity contribution < 1.29 is 23.8 Å². The van der Waals surface area contributed by atoms with Gasteiger partial charge in [-0.15, -0.1) is 0 Å². The first kappa shape index (κ1) is 21.1. The van der Waals surface area contributed by atoms with E-state index in [2.05, 4.69) is 15.3 Å². The van der Waals surface area contributed by atoms with Crippen molar-refractivity contribution in [1.82, 2.24) is 15.3 Å². The van der Waals surface area contributed by atoms with Crippen molar-refractivity contribution in [1.29, 1.82) is 0 Å². The van der Waals surface area contributed by atoms with Gasteiger partial charge in [0.25, 0.3) is 5.91 Å². The normalized spacial score (nSPS) is 19.2. The number of aryl methyl sites for hydroxylation is 1. The lowest BCUT2D eigenvalue weighted by Gasteiger charge is -2.39. The van der Waals surface area contributed by atoms with Crippen molar-refractivity contribution in [2.24, 2.45) is 0 Å². The second-order valence-electron chi connectivity index (χ2n) is 6.77. The maximum Gasteiger partial charge on any atom is 0.335 e. The van der Waals surface area contributed by atoms with Gasteiger partial charge >= 0.3 is 5.97 Å². The number of H-pyrrole nitrogens is 1. The number of piperidine rings is 1. The van der Waals surface area contributed by atoms with Gasteiger partial charge in [0.1, 0.15) is 5.82 Å². The smallest absolute Gasteiger partial charge is 0.335 e. The summed E-state index contributed by atoms with van der Waals surface area (Å²) in [5.74, 6) is -1.90. The van der Waals surface area contributed by atoms with Crippen molar-refractivity contribution >= 4 is 29.2 Å². The number of ether oxygens (including phenoxy) is 1. The highest BCUT2D eigenvalue weighted by Gasteiger charge is 2.32. The number of carboxylic acids is 1. The summed E-state index contributed by atoms with van der Waals surface area (Å²) in [6.07, 6.45) is 0.687. The Kier molecular flexibility index (Phi) is 6.39. The molecule has 0 aliphatic carbocycles. The van der Waals surface area contributed by atoms with Gasteiger partial charge in [0.05, 0.1) is 29.1 Å². The summed E-state index contributed by atoms with van der Waals surface area (Å²) in [5.41, 5.74) is 0.887. The summed E-state index contributed by atoms with van der Waals surface area (Å²) in [6.45, 7) is 2.61. The van der Waals surface area contributed by atoms with Gasteiger partial charge in [0, 0.05) is 20.2 Å². The van der Waals surface area contributed by atoms with E-state index >= 15 is 0 Å². The molecule has 8 nitrogen and oxygen atoms in total. The SMILES string of the molecule is CCc1[nH]c(C(=O)N[C@@H]2CCN(c3cc(C(=O)O)ccc3F)C[C@@H]2OC)nc1Cl. The fourth-order valence-corrected chi connectivity index (χ4v) is 3.66. The first-order valence-electron chi connectivity index (χ1n) is 9.19. The van der Waals surface area contributed by atoms with E-state index in [1.807, 2.05) is 6.92 Å². The summed E-state index contributed by atoms with van der Waals surface area (Å²) < 4.78 is 19.8. The number of aromatic amines is 1. The fourth-order valence-electron chi connectivity index (χ4n) is 3.39. The first-order valence-corrected chi connectivity index (χ1v) is 9.57. The van der Waals surface area contributed by atoms with Gasteiger partial charge in [-0.25, -0.2) is 14.2 Å². The molecule has 10 heteroatoms. The molecule has 1 fully saturated rings. The molecule has 2 aromatic rings. The van der Waals surface area contributed by atoms with Crippen LogP contribution in [-0.2, 0) is 11.2 Å². The molecule has 1 aliphatic rings. The maximum atomic E-state index is 14.3. The highest BCUT2D eigenvalue weighted by molar-refractivity contribution is 6.30. The van der Waals surface area contributed by atoms with E-state index < -0.39 is 23.8 Å². The van der Waals surface area contributed by atoms with Crippen molar-refractivity contribution in [2.75, 3.05) is 25.1 Å². The average Bonchev–Trinajstić information content (AvgIpc) is 3.09. The number of hydrogen-bond acceptors (Lipinski definition) is 5. The van der Waals surface area contributed by atoms with E-state index in [0.29, 0.717) is 31.6 Å². The summed E-state index contributed by atoms with van der Waals surface area (Å²) in [4.78, 5) is 32.4.